The summed E-state index contributed by atoms with van der Waals surface area (Å²) in [5, 5.41) is 7.00. The van der Waals surface area contributed by atoms with E-state index in [2.05, 4.69) is 38.7 Å². The molecule has 1 rings (SSSR count). The first-order valence-electron chi connectivity index (χ1n) is 5.48. The Morgan fingerprint density at radius 1 is 1.06 bits per heavy atom. The Bertz CT molecular complexity index is 132. The monoisotopic (exact) mass is 447 g/mol. The van der Waals surface area contributed by atoms with E-state index in [1.165, 1.54) is 19.3 Å². The number of hydrogen-bond acceptors (Lipinski definition) is 1. The van der Waals surface area contributed by atoms with Crippen LogP contribution in [-0.4, -0.2) is 45.8 Å². The van der Waals surface area contributed by atoms with Gasteiger partial charge >= 0.3 is 26.2 Å². The van der Waals surface area contributed by atoms with Crippen LogP contribution >= 0.6 is 22.6 Å². The number of halogens is 1. The molecule has 18 heavy (non-hydrogen) atoms. The minimum atomic E-state index is 0. The average Bonchev–Trinajstić information content (AvgIpc) is 2.63. The first-order valence-corrected chi connectivity index (χ1v) is 6.73. The Morgan fingerprint density at radius 2 is 1.50 bits per heavy atom. The van der Waals surface area contributed by atoms with Crippen LogP contribution in [0.25, 0.3) is 16.1 Å². The van der Waals surface area contributed by atoms with Gasteiger partial charge in [-0.3, -0.25) is 0 Å². The zero-order chi connectivity index (χ0) is 12.8. The second kappa shape index (κ2) is 23.5. The Hall–Kier alpha value is 1.45. The molecule has 6 heteroatoms. The molecule has 0 N–H and O–H groups in total. The van der Waals surface area contributed by atoms with Crippen molar-refractivity contribution in [3.63, 3.8) is 0 Å². The van der Waals surface area contributed by atoms with Crippen LogP contribution in [0.4, 0.5) is 0 Å². The van der Waals surface area contributed by atoms with Crippen LogP contribution in [0.1, 0.15) is 19.3 Å². The van der Waals surface area contributed by atoms with Crippen LogP contribution in [0.5, 0.6) is 0 Å². The van der Waals surface area contributed by atoms with Gasteiger partial charge in [0.2, 0.25) is 0 Å². The number of hydrogen-bond donors (Lipinski definition) is 0. The van der Waals surface area contributed by atoms with Gasteiger partial charge in [-0.25, -0.2) is 0 Å². The molecule has 1 fully saturated rings. The Kier molecular flexibility index (Phi) is 36.3. The molecule has 1 aliphatic rings. The summed E-state index contributed by atoms with van der Waals surface area (Å²) in [5.74, 6) is 0.754. The summed E-state index contributed by atoms with van der Waals surface area (Å²) in [4.78, 5) is 5.01. The van der Waals surface area contributed by atoms with E-state index in [0.29, 0.717) is 0 Å². The molecule has 108 valence electrons. The third-order valence-corrected chi connectivity index (χ3v) is 3.62. The smallest absolute Gasteiger partial charge is 0.668 e. The molecule has 0 saturated heterocycles. The molecule has 0 spiro atoms. The van der Waals surface area contributed by atoms with Crippen molar-refractivity contribution in [1.29, 1.82) is 0 Å². The van der Waals surface area contributed by atoms with Gasteiger partial charge in [0.05, 0.1) is 0 Å². The summed E-state index contributed by atoms with van der Waals surface area (Å²) in [6, 6.07) is 0. The maximum atomic E-state index is 5.01. The van der Waals surface area contributed by atoms with E-state index < -0.39 is 0 Å². The molecule has 0 radical (unpaired) electrons. The van der Waals surface area contributed by atoms with E-state index in [0.717, 1.165) is 16.4 Å². The van der Waals surface area contributed by atoms with Crippen LogP contribution in [0.2, 0.25) is 0 Å². The summed E-state index contributed by atoms with van der Waals surface area (Å²) in [6.07, 6.45) is 4.05. The van der Waals surface area contributed by atoms with Crippen molar-refractivity contribution in [1.82, 2.24) is 0 Å². The molecule has 0 aromatic rings. The van der Waals surface area contributed by atoms with Gasteiger partial charge in [0.25, 0.3) is 0 Å². The van der Waals surface area contributed by atoms with Gasteiger partial charge < -0.3 is 28.4 Å². The molecule has 0 aromatic heterocycles. The average molecular weight is 449 g/mol. The van der Waals surface area contributed by atoms with Crippen molar-refractivity contribution in [2.24, 2.45) is 5.92 Å². The fourth-order valence-corrected chi connectivity index (χ4v) is 2.36. The first kappa shape index (κ1) is 27.7. The molecule has 1 aliphatic carbocycles. The minimum Gasteiger partial charge on any atom is -0.668 e. The standard InChI is InChI=1S/C7H13INO.2C2H6N.CH3.Zr/c1-9-10-5-6-3-2-4-7(6)8;2*1-3-2;;/h6-7H,2-5H2,1H3;2*1-2H3;1H3;/q4*-1;+4. The third-order valence-electron chi connectivity index (χ3n) is 1.98. The summed E-state index contributed by atoms with van der Waals surface area (Å²) in [6.45, 7) is 0.824. The number of alkyl halides is 1. The zero-order valence-corrected chi connectivity index (χ0v) is 17.2. The largest absolute Gasteiger partial charge is 4.00 e. The Balaban J connectivity index is -0.000000106. The molecular weight excluding hydrogens is 420 g/mol. The van der Waals surface area contributed by atoms with Crippen molar-refractivity contribution in [2.45, 2.75) is 23.2 Å². The normalized spacial score (nSPS) is 20.3. The van der Waals surface area contributed by atoms with E-state index in [1.54, 1.807) is 35.2 Å². The minimum absolute atomic E-state index is 0. The molecular formula is C12H28IN3OZr. The molecule has 2 unspecified atom stereocenters. The Labute approximate surface area is 147 Å². The number of hydroxylamine groups is 1. The fourth-order valence-electron chi connectivity index (χ4n) is 1.35. The molecule has 0 amide bonds. The van der Waals surface area contributed by atoms with Gasteiger partial charge in [-0.1, -0.05) is 29.0 Å². The maximum Gasteiger partial charge on any atom is 4.00 e. The molecule has 2 atom stereocenters. The van der Waals surface area contributed by atoms with Crippen molar-refractivity contribution < 1.29 is 31.0 Å². The van der Waals surface area contributed by atoms with Gasteiger partial charge in [-0.05, 0) is 18.8 Å². The van der Waals surface area contributed by atoms with Crippen LogP contribution in [-0.2, 0) is 31.0 Å². The maximum absolute atomic E-state index is 5.01. The zero-order valence-electron chi connectivity index (χ0n) is 12.6. The third kappa shape index (κ3) is 19.8. The predicted molar refractivity (Wildman–Crippen MR) is 87.2 cm³/mol. The van der Waals surface area contributed by atoms with Crippen LogP contribution in [0, 0.1) is 13.3 Å². The van der Waals surface area contributed by atoms with E-state index in [4.69, 9.17) is 4.84 Å². The van der Waals surface area contributed by atoms with Gasteiger partial charge in [0, 0.05) is 10.5 Å². The van der Waals surface area contributed by atoms with E-state index in [1.807, 2.05) is 0 Å². The SMILES string of the molecule is C[N-]C.C[N-]C.C[N-]OCC1CCCC1I.[CH3-].[Zr+4]. The van der Waals surface area contributed by atoms with Gasteiger partial charge in [0.15, 0.2) is 0 Å². The van der Waals surface area contributed by atoms with E-state index in [9.17, 15) is 0 Å². The van der Waals surface area contributed by atoms with E-state index in [-0.39, 0.29) is 33.6 Å². The summed E-state index contributed by atoms with van der Waals surface area (Å²) in [5.41, 5.74) is 3.63. The molecule has 1 saturated carbocycles. The van der Waals surface area contributed by atoms with Gasteiger partial charge in [0.1, 0.15) is 0 Å². The Morgan fingerprint density at radius 3 is 1.78 bits per heavy atom. The molecule has 0 heterocycles. The first-order chi connectivity index (χ1) is 7.67. The summed E-state index contributed by atoms with van der Waals surface area (Å²) in [7, 11) is 8.69. The molecule has 4 nitrogen and oxygen atoms in total. The second-order valence-corrected chi connectivity index (χ2v) is 5.18. The van der Waals surface area contributed by atoms with Gasteiger partial charge in [-0.15, -0.1) is 7.05 Å². The van der Waals surface area contributed by atoms with Gasteiger partial charge in [-0.2, -0.15) is 28.2 Å². The quantitative estimate of drug-likeness (QED) is 0.276. The van der Waals surface area contributed by atoms with Crippen molar-refractivity contribution >= 4 is 22.6 Å². The van der Waals surface area contributed by atoms with Crippen molar-refractivity contribution in [3.05, 3.63) is 23.5 Å². The van der Waals surface area contributed by atoms with Crippen LogP contribution in [0.15, 0.2) is 0 Å². The van der Waals surface area contributed by atoms with Crippen molar-refractivity contribution in [3.8, 4) is 0 Å². The van der Waals surface area contributed by atoms with E-state index >= 15 is 0 Å². The number of rotatable bonds is 3. The molecule has 0 aliphatic heterocycles. The fraction of sp³-hybridized carbons (Fsp3) is 0.917. The summed E-state index contributed by atoms with van der Waals surface area (Å²) < 4.78 is 0.819. The predicted octanol–water partition coefficient (Wildman–Crippen LogP) is 4.21. The van der Waals surface area contributed by atoms with Crippen LogP contribution in [0.3, 0.4) is 0 Å². The topological polar surface area (TPSA) is 51.5 Å². The summed E-state index contributed by atoms with van der Waals surface area (Å²) >= 11 is 2.51. The number of nitrogens with zero attached hydrogens (tertiary/aromatic N) is 3. The van der Waals surface area contributed by atoms with Crippen molar-refractivity contribution in [2.75, 3.05) is 41.8 Å². The molecule has 0 aromatic carbocycles. The molecule has 0 bridgehead atoms. The van der Waals surface area contributed by atoms with Crippen LogP contribution < -0.4 is 0 Å². The second-order valence-electron chi connectivity index (χ2n) is 3.58.